The van der Waals surface area contributed by atoms with Gasteiger partial charge in [0.1, 0.15) is 6.04 Å². The van der Waals surface area contributed by atoms with Crippen molar-refractivity contribution in [1.29, 1.82) is 0 Å². The molecule has 0 heterocycles. The summed E-state index contributed by atoms with van der Waals surface area (Å²) in [5.74, 6) is 0.908. The summed E-state index contributed by atoms with van der Waals surface area (Å²) in [6.45, 7) is 8.33. The minimum absolute atomic E-state index is 0.0512. The summed E-state index contributed by atoms with van der Waals surface area (Å²) in [7, 11) is 0. The first-order chi connectivity index (χ1) is 14.9. The second kappa shape index (κ2) is 12.8. The molecule has 0 aliphatic rings. The third-order valence-electron chi connectivity index (χ3n) is 5.43. The SMILES string of the molecule is CC[C@H](C)NC(=O)[C@H](CC)N(Cc1ccccc1Cl)C(=O)CSCc1ccccc1C. The van der Waals surface area contributed by atoms with Crippen molar-refractivity contribution < 1.29 is 9.59 Å². The summed E-state index contributed by atoms with van der Waals surface area (Å²) in [5, 5.41) is 3.64. The van der Waals surface area contributed by atoms with Gasteiger partial charge in [0.05, 0.1) is 5.75 Å². The quantitative estimate of drug-likeness (QED) is 0.474. The van der Waals surface area contributed by atoms with Crippen LogP contribution in [0.25, 0.3) is 0 Å². The van der Waals surface area contributed by atoms with E-state index in [9.17, 15) is 9.59 Å². The standard InChI is InChI=1S/C25H33ClN2O2S/c1-5-19(4)27-25(30)23(6-2)28(15-20-12-9-10-14-22(20)26)24(29)17-31-16-21-13-8-7-11-18(21)3/h7-14,19,23H,5-6,15-17H2,1-4H3,(H,27,30)/t19-,23-/m0/s1. The number of hydrogen-bond donors (Lipinski definition) is 1. The highest BCUT2D eigenvalue weighted by molar-refractivity contribution is 7.99. The van der Waals surface area contributed by atoms with Crippen LogP contribution in [0.15, 0.2) is 48.5 Å². The Labute approximate surface area is 195 Å². The molecule has 0 aromatic heterocycles. The molecule has 0 aliphatic carbocycles. The van der Waals surface area contributed by atoms with Crippen molar-refractivity contribution in [2.75, 3.05) is 5.75 Å². The monoisotopic (exact) mass is 460 g/mol. The lowest BCUT2D eigenvalue weighted by Crippen LogP contribution is -2.51. The summed E-state index contributed by atoms with van der Waals surface area (Å²) < 4.78 is 0. The Morgan fingerprint density at radius 1 is 1.03 bits per heavy atom. The first-order valence-electron chi connectivity index (χ1n) is 10.8. The van der Waals surface area contributed by atoms with E-state index in [-0.39, 0.29) is 17.9 Å². The van der Waals surface area contributed by atoms with Crippen molar-refractivity contribution >= 4 is 35.2 Å². The van der Waals surface area contributed by atoms with Crippen LogP contribution in [0.5, 0.6) is 0 Å². The number of carbonyl (C=O) groups excluding carboxylic acids is 2. The zero-order chi connectivity index (χ0) is 22.8. The van der Waals surface area contributed by atoms with Gasteiger partial charge in [-0.2, -0.15) is 0 Å². The Morgan fingerprint density at radius 2 is 1.68 bits per heavy atom. The molecule has 2 atom stereocenters. The average Bonchev–Trinajstić information content (AvgIpc) is 2.76. The van der Waals surface area contributed by atoms with Gasteiger partial charge in [-0.1, -0.05) is 67.9 Å². The molecule has 1 N–H and O–H groups in total. The van der Waals surface area contributed by atoms with E-state index in [4.69, 9.17) is 11.6 Å². The molecule has 6 heteroatoms. The summed E-state index contributed by atoms with van der Waals surface area (Å²) in [5.41, 5.74) is 3.28. The maximum Gasteiger partial charge on any atom is 0.243 e. The van der Waals surface area contributed by atoms with Crippen LogP contribution < -0.4 is 5.32 Å². The highest BCUT2D eigenvalue weighted by atomic mass is 35.5. The molecular weight excluding hydrogens is 428 g/mol. The van der Waals surface area contributed by atoms with Gasteiger partial charge in [0, 0.05) is 23.4 Å². The maximum atomic E-state index is 13.3. The van der Waals surface area contributed by atoms with Crippen LogP contribution in [0, 0.1) is 6.92 Å². The second-order valence-corrected chi connectivity index (χ2v) is 9.17. The van der Waals surface area contributed by atoms with E-state index < -0.39 is 6.04 Å². The van der Waals surface area contributed by atoms with E-state index in [2.05, 4.69) is 24.4 Å². The lowest BCUT2D eigenvalue weighted by molar-refractivity contribution is -0.139. The number of benzene rings is 2. The average molecular weight is 461 g/mol. The smallest absolute Gasteiger partial charge is 0.243 e. The normalized spacial score (nSPS) is 12.8. The molecule has 168 valence electrons. The van der Waals surface area contributed by atoms with Gasteiger partial charge in [-0.3, -0.25) is 9.59 Å². The summed E-state index contributed by atoms with van der Waals surface area (Å²) in [6, 6.07) is 15.2. The molecule has 0 fully saturated rings. The first kappa shape index (κ1) is 25.3. The fourth-order valence-electron chi connectivity index (χ4n) is 3.27. The van der Waals surface area contributed by atoms with Gasteiger partial charge in [0.15, 0.2) is 0 Å². The second-order valence-electron chi connectivity index (χ2n) is 7.77. The molecule has 0 saturated heterocycles. The van der Waals surface area contributed by atoms with Crippen molar-refractivity contribution in [2.24, 2.45) is 0 Å². The van der Waals surface area contributed by atoms with E-state index in [0.717, 1.165) is 17.7 Å². The van der Waals surface area contributed by atoms with E-state index in [1.54, 1.807) is 16.7 Å². The third kappa shape index (κ3) is 7.58. The number of thioether (sulfide) groups is 1. The van der Waals surface area contributed by atoms with Crippen molar-refractivity contribution in [3.8, 4) is 0 Å². The molecule has 0 bridgehead atoms. The largest absolute Gasteiger partial charge is 0.352 e. The Kier molecular flexibility index (Phi) is 10.4. The van der Waals surface area contributed by atoms with Crippen molar-refractivity contribution in [3.05, 3.63) is 70.2 Å². The number of carbonyl (C=O) groups is 2. The van der Waals surface area contributed by atoms with Gasteiger partial charge in [0.2, 0.25) is 11.8 Å². The van der Waals surface area contributed by atoms with E-state index in [1.807, 2.05) is 57.2 Å². The molecule has 2 aromatic rings. The van der Waals surface area contributed by atoms with Crippen LogP contribution in [0.4, 0.5) is 0 Å². The number of nitrogens with one attached hydrogen (secondary N) is 1. The zero-order valence-electron chi connectivity index (χ0n) is 18.9. The fraction of sp³-hybridized carbons (Fsp3) is 0.440. The highest BCUT2D eigenvalue weighted by Crippen LogP contribution is 2.22. The number of halogens is 1. The van der Waals surface area contributed by atoms with E-state index in [1.165, 1.54) is 11.1 Å². The Morgan fingerprint density at radius 3 is 2.29 bits per heavy atom. The fourth-order valence-corrected chi connectivity index (χ4v) is 4.46. The van der Waals surface area contributed by atoms with Crippen molar-refractivity contribution in [3.63, 3.8) is 0 Å². The van der Waals surface area contributed by atoms with E-state index in [0.29, 0.717) is 23.7 Å². The summed E-state index contributed by atoms with van der Waals surface area (Å²) in [6.07, 6.45) is 1.38. The molecule has 0 radical (unpaired) electrons. The maximum absolute atomic E-state index is 13.3. The van der Waals surface area contributed by atoms with Gasteiger partial charge in [-0.05, 0) is 49.4 Å². The molecule has 2 amide bonds. The van der Waals surface area contributed by atoms with Crippen LogP contribution in [0.3, 0.4) is 0 Å². The lowest BCUT2D eigenvalue weighted by atomic mass is 10.1. The van der Waals surface area contributed by atoms with Crippen LogP contribution in [-0.4, -0.2) is 34.6 Å². The lowest BCUT2D eigenvalue weighted by Gasteiger charge is -2.31. The van der Waals surface area contributed by atoms with Crippen LogP contribution in [-0.2, 0) is 21.9 Å². The molecule has 0 spiro atoms. The molecule has 0 unspecified atom stereocenters. The molecule has 2 aromatic carbocycles. The van der Waals surface area contributed by atoms with Gasteiger partial charge in [0.25, 0.3) is 0 Å². The van der Waals surface area contributed by atoms with Crippen molar-refractivity contribution in [2.45, 2.75) is 64.9 Å². The molecule has 2 rings (SSSR count). The topological polar surface area (TPSA) is 49.4 Å². The number of amides is 2. The highest BCUT2D eigenvalue weighted by Gasteiger charge is 2.29. The van der Waals surface area contributed by atoms with Crippen LogP contribution >= 0.6 is 23.4 Å². The van der Waals surface area contributed by atoms with Gasteiger partial charge < -0.3 is 10.2 Å². The predicted octanol–water partition coefficient (Wildman–Crippen LogP) is 5.60. The van der Waals surface area contributed by atoms with E-state index >= 15 is 0 Å². The van der Waals surface area contributed by atoms with Crippen LogP contribution in [0.2, 0.25) is 5.02 Å². The van der Waals surface area contributed by atoms with Gasteiger partial charge in [-0.25, -0.2) is 0 Å². The predicted molar refractivity (Wildman–Crippen MR) is 131 cm³/mol. The molecule has 0 saturated carbocycles. The van der Waals surface area contributed by atoms with Crippen molar-refractivity contribution in [1.82, 2.24) is 10.2 Å². The number of nitrogens with zero attached hydrogens (tertiary/aromatic N) is 1. The third-order valence-corrected chi connectivity index (χ3v) is 6.76. The Hall–Kier alpha value is -1.98. The van der Waals surface area contributed by atoms with Gasteiger partial charge >= 0.3 is 0 Å². The Bertz CT molecular complexity index is 874. The molecule has 31 heavy (non-hydrogen) atoms. The number of hydrogen-bond acceptors (Lipinski definition) is 3. The summed E-state index contributed by atoms with van der Waals surface area (Å²) in [4.78, 5) is 27.9. The zero-order valence-corrected chi connectivity index (χ0v) is 20.4. The Balaban J connectivity index is 2.16. The van der Waals surface area contributed by atoms with Gasteiger partial charge in [-0.15, -0.1) is 11.8 Å². The molecule has 4 nitrogen and oxygen atoms in total. The minimum Gasteiger partial charge on any atom is -0.352 e. The molecule has 0 aliphatic heterocycles. The molecular formula is C25H33ClN2O2S. The minimum atomic E-state index is -0.531. The van der Waals surface area contributed by atoms with Crippen LogP contribution in [0.1, 0.15) is 50.3 Å². The summed E-state index contributed by atoms with van der Waals surface area (Å²) >= 11 is 7.94. The number of rotatable bonds is 11. The first-order valence-corrected chi connectivity index (χ1v) is 12.4. The number of aryl methyl sites for hydroxylation is 1.